The summed E-state index contributed by atoms with van der Waals surface area (Å²) in [5.74, 6) is 0.0927. The lowest BCUT2D eigenvalue weighted by molar-refractivity contribution is 0.0985. The first-order valence-electron chi connectivity index (χ1n) is 9.38. The lowest BCUT2D eigenvalue weighted by Gasteiger charge is -2.35. The molecular weight excluding hydrogens is 320 g/mol. The van der Waals surface area contributed by atoms with Gasteiger partial charge in [0.15, 0.2) is 0 Å². The summed E-state index contributed by atoms with van der Waals surface area (Å²) >= 11 is 0. The molecule has 2 aromatic rings. The zero-order valence-electron chi connectivity index (χ0n) is 16.0. The van der Waals surface area contributed by atoms with Gasteiger partial charge in [0.05, 0.1) is 16.8 Å². The molecule has 26 heavy (non-hydrogen) atoms. The Kier molecular flexibility index (Phi) is 3.91. The Morgan fingerprint density at radius 1 is 1.15 bits per heavy atom. The number of allylic oxidation sites excluding steroid dienone is 1. The molecule has 2 aromatic carbocycles. The number of para-hydroxylation sites is 1. The van der Waals surface area contributed by atoms with Crippen LogP contribution in [0.15, 0.2) is 42.5 Å². The Labute approximate surface area is 155 Å². The molecule has 134 valence electrons. The van der Waals surface area contributed by atoms with Crippen LogP contribution in [0.2, 0.25) is 0 Å². The topological polar surface area (TPSA) is 32.3 Å². The van der Waals surface area contributed by atoms with Gasteiger partial charge in [-0.3, -0.25) is 4.79 Å². The van der Waals surface area contributed by atoms with Crippen LogP contribution in [0.3, 0.4) is 0 Å². The first-order valence-corrected chi connectivity index (χ1v) is 9.38. The summed E-state index contributed by atoms with van der Waals surface area (Å²) in [6.45, 7) is 9.25. The van der Waals surface area contributed by atoms with Crippen LogP contribution in [0.5, 0.6) is 0 Å². The highest BCUT2D eigenvalue weighted by molar-refractivity contribution is 6.12. The minimum atomic E-state index is -0.165. The Bertz CT molecular complexity index is 924. The molecule has 0 atom stereocenters. The molecule has 3 heteroatoms. The molecule has 0 bridgehead atoms. The van der Waals surface area contributed by atoms with E-state index in [0.29, 0.717) is 0 Å². The molecule has 0 fully saturated rings. The van der Waals surface area contributed by atoms with Crippen LogP contribution in [0, 0.1) is 6.92 Å². The standard InChI is InChI=1S/C23H26N2O/c1-15-12-18-16(2)14-23(3,4)24-21(18)19(13-15)22(26)25-11-7-9-17-8-5-6-10-20(17)25/h5-6,8,10,12-14,24H,7,9,11H2,1-4H3. The summed E-state index contributed by atoms with van der Waals surface area (Å²) in [6, 6.07) is 12.5. The lowest BCUT2D eigenvalue weighted by Crippen LogP contribution is -2.38. The number of nitrogens with zero attached hydrogens (tertiary/aromatic N) is 1. The molecule has 1 N–H and O–H groups in total. The number of carbonyl (C=O) groups excluding carboxylic acids is 1. The van der Waals surface area contributed by atoms with Crippen molar-refractivity contribution in [2.45, 2.75) is 46.1 Å². The molecule has 0 unspecified atom stereocenters. The minimum Gasteiger partial charge on any atom is -0.376 e. The van der Waals surface area contributed by atoms with E-state index in [4.69, 9.17) is 0 Å². The van der Waals surface area contributed by atoms with E-state index in [0.717, 1.165) is 47.5 Å². The molecule has 0 spiro atoms. The summed E-state index contributed by atoms with van der Waals surface area (Å²) < 4.78 is 0. The predicted molar refractivity (Wildman–Crippen MR) is 109 cm³/mol. The number of amides is 1. The van der Waals surface area contributed by atoms with Crippen molar-refractivity contribution in [3.63, 3.8) is 0 Å². The fraction of sp³-hybridized carbons (Fsp3) is 0.348. The largest absolute Gasteiger partial charge is 0.376 e. The van der Waals surface area contributed by atoms with E-state index in [1.807, 2.05) is 17.0 Å². The molecule has 0 aromatic heterocycles. The molecular formula is C23H26N2O. The van der Waals surface area contributed by atoms with Gasteiger partial charge in [-0.1, -0.05) is 24.3 Å². The van der Waals surface area contributed by atoms with Crippen molar-refractivity contribution in [3.05, 3.63) is 64.7 Å². The number of benzene rings is 2. The molecule has 0 saturated heterocycles. The van der Waals surface area contributed by atoms with Crippen molar-refractivity contribution in [2.75, 3.05) is 16.8 Å². The van der Waals surface area contributed by atoms with Crippen LogP contribution in [0.25, 0.3) is 5.57 Å². The third-order valence-corrected chi connectivity index (χ3v) is 5.32. The number of aryl methyl sites for hydroxylation is 2. The monoisotopic (exact) mass is 346 g/mol. The van der Waals surface area contributed by atoms with Crippen molar-refractivity contribution in [1.82, 2.24) is 0 Å². The zero-order valence-corrected chi connectivity index (χ0v) is 16.0. The SMILES string of the molecule is CC1=CC(C)(C)Nc2c(C(=O)N3CCCc4ccccc43)cc(C)cc21. The summed E-state index contributed by atoms with van der Waals surface area (Å²) in [6.07, 6.45) is 4.28. The van der Waals surface area contributed by atoms with Crippen LogP contribution in [0.1, 0.15) is 54.2 Å². The fourth-order valence-electron chi connectivity index (χ4n) is 4.27. The third kappa shape index (κ3) is 2.82. The molecule has 4 rings (SSSR count). The van der Waals surface area contributed by atoms with Gasteiger partial charge < -0.3 is 10.2 Å². The van der Waals surface area contributed by atoms with E-state index in [2.05, 4.69) is 63.4 Å². The normalized spacial score (nSPS) is 17.7. The highest BCUT2D eigenvalue weighted by atomic mass is 16.2. The summed E-state index contributed by atoms with van der Waals surface area (Å²) in [7, 11) is 0. The van der Waals surface area contributed by atoms with E-state index >= 15 is 0 Å². The first kappa shape index (κ1) is 16.9. The second kappa shape index (κ2) is 6.01. The van der Waals surface area contributed by atoms with E-state index in [1.165, 1.54) is 11.1 Å². The van der Waals surface area contributed by atoms with Crippen molar-refractivity contribution in [3.8, 4) is 0 Å². The van der Waals surface area contributed by atoms with Crippen LogP contribution in [-0.4, -0.2) is 18.0 Å². The maximum atomic E-state index is 13.6. The molecule has 0 saturated carbocycles. The zero-order chi connectivity index (χ0) is 18.5. The number of rotatable bonds is 1. The second-order valence-electron chi connectivity index (χ2n) is 8.10. The average Bonchev–Trinajstić information content (AvgIpc) is 2.60. The Hall–Kier alpha value is -2.55. The minimum absolute atomic E-state index is 0.0927. The molecule has 3 nitrogen and oxygen atoms in total. The molecule has 0 aliphatic carbocycles. The van der Waals surface area contributed by atoms with Gasteiger partial charge in [0.25, 0.3) is 5.91 Å². The van der Waals surface area contributed by atoms with Crippen molar-refractivity contribution < 1.29 is 4.79 Å². The number of hydrogen-bond donors (Lipinski definition) is 1. The Balaban J connectivity index is 1.83. The summed E-state index contributed by atoms with van der Waals surface area (Å²) in [5.41, 5.74) is 7.37. The van der Waals surface area contributed by atoms with Crippen molar-refractivity contribution >= 4 is 22.9 Å². The van der Waals surface area contributed by atoms with Crippen LogP contribution in [0.4, 0.5) is 11.4 Å². The molecule has 2 aliphatic heterocycles. The smallest absolute Gasteiger partial charge is 0.260 e. The summed E-state index contributed by atoms with van der Waals surface area (Å²) in [5, 5.41) is 3.58. The van der Waals surface area contributed by atoms with Gasteiger partial charge in [0, 0.05) is 17.8 Å². The Morgan fingerprint density at radius 3 is 2.73 bits per heavy atom. The van der Waals surface area contributed by atoms with Gasteiger partial charge in [-0.25, -0.2) is 0 Å². The van der Waals surface area contributed by atoms with Gasteiger partial charge in [-0.05, 0) is 75.4 Å². The lowest BCUT2D eigenvalue weighted by atomic mass is 9.88. The first-order chi connectivity index (χ1) is 12.4. The number of nitrogens with one attached hydrogen (secondary N) is 1. The molecule has 1 amide bonds. The number of carbonyl (C=O) groups is 1. The van der Waals surface area contributed by atoms with E-state index < -0.39 is 0 Å². The summed E-state index contributed by atoms with van der Waals surface area (Å²) in [4.78, 5) is 15.5. The average molecular weight is 346 g/mol. The maximum absolute atomic E-state index is 13.6. The quantitative estimate of drug-likeness (QED) is 0.770. The van der Waals surface area contributed by atoms with Gasteiger partial charge in [0.1, 0.15) is 0 Å². The van der Waals surface area contributed by atoms with Gasteiger partial charge in [-0.15, -0.1) is 0 Å². The Morgan fingerprint density at radius 2 is 1.92 bits per heavy atom. The highest BCUT2D eigenvalue weighted by Gasteiger charge is 2.30. The number of anilines is 2. The van der Waals surface area contributed by atoms with Crippen molar-refractivity contribution in [1.29, 1.82) is 0 Å². The van der Waals surface area contributed by atoms with Gasteiger partial charge in [0.2, 0.25) is 0 Å². The van der Waals surface area contributed by atoms with E-state index in [9.17, 15) is 4.79 Å². The molecule has 2 aliphatic rings. The van der Waals surface area contributed by atoms with Crippen LogP contribution in [-0.2, 0) is 6.42 Å². The number of hydrogen-bond acceptors (Lipinski definition) is 2. The third-order valence-electron chi connectivity index (χ3n) is 5.32. The van der Waals surface area contributed by atoms with Crippen LogP contribution >= 0.6 is 0 Å². The van der Waals surface area contributed by atoms with Crippen LogP contribution < -0.4 is 10.2 Å². The number of fused-ring (bicyclic) bond motifs is 2. The molecule has 2 heterocycles. The van der Waals surface area contributed by atoms with E-state index in [1.54, 1.807) is 0 Å². The second-order valence-corrected chi connectivity index (χ2v) is 8.10. The van der Waals surface area contributed by atoms with Crippen molar-refractivity contribution in [2.24, 2.45) is 0 Å². The highest BCUT2D eigenvalue weighted by Crippen LogP contribution is 2.38. The van der Waals surface area contributed by atoms with Gasteiger partial charge >= 0.3 is 0 Å². The maximum Gasteiger partial charge on any atom is 0.260 e. The predicted octanol–water partition coefficient (Wildman–Crippen LogP) is 5.20. The molecule has 0 radical (unpaired) electrons. The van der Waals surface area contributed by atoms with Gasteiger partial charge in [-0.2, -0.15) is 0 Å². The fourth-order valence-corrected chi connectivity index (χ4v) is 4.27. The van der Waals surface area contributed by atoms with E-state index in [-0.39, 0.29) is 11.4 Å².